The highest BCUT2D eigenvalue weighted by Gasteiger charge is 2.23. The van der Waals surface area contributed by atoms with Crippen LogP contribution >= 0.6 is 11.8 Å². The molecule has 0 aliphatic heterocycles. The van der Waals surface area contributed by atoms with Gasteiger partial charge in [0.2, 0.25) is 0 Å². The number of carboxylic acid groups (broad SMARTS) is 1. The van der Waals surface area contributed by atoms with Gasteiger partial charge in [0.25, 0.3) is 0 Å². The number of carbonyl (C=O) groups is 2. The first-order chi connectivity index (χ1) is 8.99. The Hall–Kier alpha value is -1.53. The van der Waals surface area contributed by atoms with E-state index >= 15 is 0 Å². The number of hydrogen-bond donors (Lipinski definition) is 2. The zero-order chi connectivity index (χ0) is 14.3. The Bertz CT molecular complexity index is 422. The fraction of sp³-hybridized carbons (Fsp3) is 0.385. The van der Waals surface area contributed by atoms with Gasteiger partial charge in [0.1, 0.15) is 11.5 Å². The van der Waals surface area contributed by atoms with Crippen molar-refractivity contribution < 1.29 is 19.4 Å². The number of carboxylic acids is 1. The van der Waals surface area contributed by atoms with Crippen LogP contribution in [0.2, 0.25) is 0 Å². The molecule has 19 heavy (non-hydrogen) atoms. The van der Waals surface area contributed by atoms with Crippen LogP contribution in [0.3, 0.4) is 0 Å². The molecule has 3 N–H and O–H groups in total. The normalized spacial score (nSPS) is 13.6. The van der Waals surface area contributed by atoms with Gasteiger partial charge in [0.15, 0.2) is 0 Å². The Labute approximate surface area is 116 Å². The molecular weight excluding hydrogens is 266 g/mol. The number of nitrogens with two attached hydrogens (primary N) is 1. The zero-order valence-electron chi connectivity index (χ0n) is 10.6. The van der Waals surface area contributed by atoms with Gasteiger partial charge in [-0.3, -0.25) is 15.3 Å². The Morgan fingerprint density at radius 1 is 1.37 bits per heavy atom. The predicted molar refractivity (Wildman–Crippen MR) is 73.5 cm³/mol. The number of hydrogen-bond acceptors (Lipinski definition) is 5. The standard InChI is InChI=1S/C13H17NO4S/c1-9(14)18-12(15)7-11(13(16)17)19-8-10-5-3-2-4-6-10/h2-6,9,11H,7-8,14H2,1H3,(H,16,17). The van der Waals surface area contributed by atoms with Crippen LogP contribution in [0.15, 0.2) is 30.3 Å². The molecule has 6 heteroatoms. The van der Waals surface area contributed by atoms with Crippen molar-refractivity contribution in [3.05, 3.63) is 35.9 Å². The van der Waals surface area contributed by atoms with Gasteiger partial charge in [-0.05, 0) is 12.5 Å². The second-order valence-corrected chi connectivity index (χ2v) is 5.21. The Morgan fingerprint density at radius 3 is 2.53 bits per heavy atom. The smallest absolute Gasteiger partial charge is 0.317 e. The first-order valence-electron chi connectivity index (χ1n) is 5.82. The molecule has 1 rings (SSSR count). The van der Waals surface area contributed by atoms with Gasteiger partial charge >= 0.3 is 11.9 Å². The molecule has 0 aliphatic carbocycles. The fourth-order valence-corrected chi connectivity index (χ4v) is 2.38. The lowest BCUT2D eigenvalue weighted by atomic mass is 10.2. The number of benzene rings is 1. The molecule has 104 valence electrons. The monoisotopic (exact) mass is 283 g/mol. The highest BCUT2D eigenvalue weighted by Crippen LogP contribution is 2.21. The molecule has 1 aromatic carbocycles. The summed E-state index contributed by atoms with van der Waals surface area (Å²) in [7, 11) is 0. The number of thioether (sulfide) groups is 1. The van der Waals surface area contributed by atoms with Crippen molar-refractivity contribution in [2.24, 2.45) is 5.73 Å². The molecule has 0 aliphatic rings. The van der Waals surface area contributed by atoms with E-state index in [1.165, 1.54) is 18.7 Å². The van der Waals surface area contributed by atoms with Crippen molar-refractivity contribution in [2.45, 2.75) is 30.6 Å². The second-order valence-electron chi connectivity index (χ2n) is 4.02. The van der Waals surface area contributed by atoms with Crippen molar-refractivity contribution in [3.63, 3.8) is 0 Å². The summed E-state index contributed by atoms with van der Waals surface area (Å²) >= 11 is 1.20. The molecule has 0 spiro atoms. The molecule has 0 bridgehead atoms. The van der Waals surface area contributed by atoms with E-state index in [1.807, 2.05) is 30.3 Å². The highest BCUT2D eigenvalue weighted by atomic mass is 32.2. The summed E-state index contributed by atoms with van der Waals surface area (Å²) in [6.07, 6.45) is -0.907. The van der Waals surface area contributed by atoms with Crippen LogP contribution < -0.4 is 5.73 Å². The van der Waals surface area contributed by atoms with Crippen LogP contribution in [0.5, 0.6) is 0 Å². The van der Waals surface area contributed by atoms with Crippen molar-refractivity contribution in [3.8, 4) is 0 Å². The van der Waals surface area contributed by atoms with E-state index in [9.17, 15) is 9.59 Å². The number of ether oxygens (including phenoxy) is 1. The third-order valence-electron chi connectivity index (χ3n) is 2.24. The lowest BCUT2D eigenvalue weighted by Gasteiger charge is -2.13. The number of aliphatic carboxylic acids is 1. The van der Waals surface area contributed by atoms with Crippen molar-refractivity contribution in [1.29, 1.82) is 0 Å². The zero-order valence-corrected chi connectivity index (χ0v) is 11.4. The second kappa shape index (κ2) is 7.81. The van der Waals surface area contributed by atoms with Gasteiger partial charge in [0, 0.05) is 5.75 Å². The number of rotatable bonds is 7. The lowest BCUT2D eigenvalue weighted by Crippen LogP contribution is -2.27. The van der Waals surface area contributed by atoms with E-state index in [0.717, 1.165) is 5.56 Å². The molecule has 0 saturated carbocycles. The minimum atomic E-state index is -1.03. The Balaban J connectivity index is 2.49. The van der Waals surface area contributed by atoms with E-state index < -0.39 is 23.4 Å². The minimum Gasteiger partial charge on any atom is -0.480 e. The highest BCUT2D eigenvalue weighted by molar-refractivity contribution is 7.99. The van der Waals surface area contributed by atoms with E-state index in [4.69, 9.17) is 15.6 Å². The first-order valence-corrected chi connectivity index (χ1v) is 6.87. The van der Waals surface area contributed by atoms with Gasteiger partial charge in [-0.25, -0.2) is 0 Å². The summed E-state index contributed by atoms with van der Waals surface area (Å²) in [5.74, 6) is -1.09. The summed E-state index contributed by atoms with van der Waals surface area (Å²) in [4.78, 5) is 22.5. The topological polar surface area (TPSA) is 89.6 Å². The van der Waals surface area contributed by atoms with Crippen LogP contribution in [0.25, 0.3) is 0 Å². The average Bonchev–Trinajstić information content (AvgIpc) is 2.34. The number of carbonyl (C=O) groups excluding carboxylic acids is 1. The van der Waals surface area contributed by atoms with Gasteiger partial charge in [0.05, 0.1) is 6.42 Å². The summed E-state index contributed by atoms with van der Waals surface area (Å²) in [5.41, 5.74) is 6.33. The fourth-order valence-electron chi connectivity index (χ4n) is 1.40. The summed E-state index contributed by atoms with van der Waals surface area (Å²) < 4.78 is 4.75. The third-order valence-corrected chi connectivity index (χ3v) is 3.51. The molecule has 0 aromatic heterocycles. The quantitative estimate of drug-likeness (QED) is 0.583. The molecule has 0 radical (unpaired) electrons. The van der Waals surface area contributed by atoms with Crippen molar-refractivity contribution in [2.75, 3.05) is 0 Å². The van der Waals surface area contributed by atoms with E-state index in [2.05, 4.69) is 0 Å². The Kier molecular flexibility index (Phi) is 6.38. The molecule has 5 nitrogen and oxygen atoms in total. The molecule has 1 aromatic rings. The van der Waals surface area contributed by atoms with Crippen molar-refractivity contribution >= 4 is 23.7 Å². The first kappa shape index (κ1) is 15.5. The maximum Gasteiger partial charge on any atom is 0.317 e. The third kappa shape index (κ3) is 6.26. The maximum atomic E-state index is 11.4. The largest absolute Gasteiger partial charge is 0.480 e. The Morgan fingerprint density at radius 2 is 2.00 bits per heavy atom. The summed E-state index contributed by atoms with van der Waals surface area (Å²) in [6.45, 7) is 1.52. The minimum absolute atomic E-state index is 0.186. The van der Waals surface area contributed by atoms with E-state index in [0.29, 0.717) is 5.75 Å². The van der Waals surface area contributed by atoms with Crippen LogP contribution in [0.1, 0.15) is 18.9 Å². The van der Waals surface area contributed by atoms with Crippen LogP contribution in [0, 0.1) is 0 Å². The van der Waals surface area contributed by atoms with Crippen LogP contribution in [-0.4, -0.2) is 28.5 Å². The number of esters is 1. The molecule has 0 amide bonds. The van der Waals surface area contributed by atoms with E-state index in [-0.39, 0.29) is 6.42 Å². The van der Waals surface area contributed by atoms with Gasteiger partial charge in [-0.2, -0.15) is 0 Å². The SMILES string of the molecule is CC(N)OC(=O)CC(SCc1ccccc1)C(=O)O. The van der Waals surface area contributed by atoms with Crippen LogP contribution in [0.4, 0.5) is 0 Å². The van der Waals surface area contributed by atoms with Gasteiger partial charge in [-0.1, -0.05) is 30.3 Å². The molecule has 0 fully saturated rings. The predicted octanol–water partition coefficient (Wildman–Crippen LogP) is 1.61. The maximum absolute atomic E-state index is 11.4. The summed E-state index contributed by atoms with van der Waals surface area (Å²) in [5, 5.41) is 8.25. The molecule has 2 atom stereocenters. The van der Waals surface area contributed by atoms with Crippen molar-refractivity contribution in [1.82, 2.24) is 0 Å². The molecule has 0 heterocycles. The van der Waals surface area contributed by atoms with Gasteiger partial charge < -0.3 is 9.84 Å². The molecular formula is C13H17NO4S. The average molecular weight is 283 g/mol. The summed E-state index contributed by atoms with van der Waals surface area (Å²) in [6, 6.07) is 9.48. The van der Waals surface area contributed by atoms with E-state index in [1.54, 1.807) is 0 Å². The van der Waals surface area contributed by atoms with Gasteiger partial charge in [-0.15, -0.1) is 11.8 Å². The molecule has 2 unspecified atom stereocenters. The molecule has 0 saturated heterocycles. The van der Waals surface area contributed by atoms with Crippen LogP contribution in [-0.2, 0) is 20.1 Å². The lowest BCUT2D eigenvalue weighted by molar-refractivity contribution is -0.150.